The first-order valence-corrected chi connectivity index (χ1v) is 5.09. The second-order valence-electron chi connectivity index (χ2n) is 3.00. The van der Waals surface area contributed by atoms with E-state index in [0.29, 0.717) is 6.61 Å². The van der Waals surface area contributed by atoms with E-state index in [4.69, 9.17) is 15.3 Å². The lowest BCUT2D eigenvalue weighted by molar-refractivity contribution is 0.186. The minimum absolute atomic E-state index is 0.125. The third kappa shape index (κ3) is 14.7. The Kier molecular flexibility index (Phi) is 17.0. The van der Waals surface area contributed by atoms with E-state index in [1.165, 1.54) is 19.3 Å². The van der Waals surface area contributed by atoms with Crippen LogP contribution in [0.25, 0.3) is 0 Å². The molecule has 0 amide bonds. The first-order chi connectivity index (χ1) is 6.26. The fraction of sp³-hybridized carbons (Fsp3) is 1.00. The maximum Gasteiger partial charge on any atom is 0.0662 e. The summed E-state index contributed by atoms with van der Waals surface area (Å²) in [5.74, 6) is 0.845. The molecule has 3 N–H and O–H groups in total. The van der Waals surface area contributed by atoms with Crippen molar-refractivity contribution in [3.63, 3.8) is 0 Å². The number of aliphatic hydroxyl groups excluding tert-OH is 3. The average molecular weight is 192 g/mol. The maximum atomic E-state index is 8.51. The molecule has 82 valence electrons. The van der Waals surface area contributed by atoms with Crippen molar-refractivity contribution < 1.29 is 15.3 Å². The van der Waals surface area contributed by atoms with Gasteiger partial charge < -0.3 is 15.3 Å². The van der Waals surface area contributed by atoms with E-state index in [-0.39, 0.29) is 13.2 Å². The van der Waals surface area contributed by atoms with E-state index in [2.05, 4.69) is 13.8 Å². The maximum absolute atomic E-state index is 8.51. The summed E-state index contributed by atoms with van der Waals surface area (Å²) in [6.07, 6.45) is 4.70. The zero-order chi connectivity index (χ0) is 10.5. The number of rotatable bonds is 6. The van der Waals surface area contributed by atoms with Crippen LogP contribution in [-0.4, -0.2) is 35.1 Å². The molecule has 0 aliphatic rings. The Morgan fingerprint density at radius 1 is 0.846 bits per heavy atom. The van der Waals surface area contributed by atoms with Crippen molar-refractivity contribution in [3.8, 4) is 0 Å². The van der Waals surface area contributed by atoms with Crippen LogP contribution in [0, 0.1) is 5.92 Å². The summed E-state index contributed by atoms with van der Waals surface area (Å²) in [5.41, 5.74) is 0. The van der Waals surface area contributed by atoms with Gasteiger partial charge in [-0.3, -0.25) is 0 Å². The van der Waals surface area contributed by atoms with Crippen LogP contribution in [0.3, 0.4) is 0 Å². The summed E-state index contributed by atoms with van der Waals surface area (Å²) in [5, 5.41) is 23.8. The summed E-state index contributed by atoms with van der Waals surface area (Å²) in [6, 6.07) is 0. The fourth-order valence-corrected chi connectivity index (χ4v) is 1.08. The quantitative estimate of drug-likeness (QED) is 0.592. The van der Waals surface area contributed by atoms with Crippen LogP contribution in [0.4, 0.5) is 0 Å². The molecule has 13 heavy (non-hydrogen) atoms. The molecule has 0 spiro atoms. The molecule has 0 saturated carbocycles. The van der Waals surface area contributed by atoms with Crippen LogP contribution < -0.4 is 0 Å². The molecule has 0 atom stereocenters. The van der Waals surface area contributed by atoms with Gasteiger partial charge in [-0.2, -0.15) is 0 Å². The second kappa shape index (κ2) is 14.4. The first-order valence-electron chi connectivity index (χ1n) is 5.09. The van der Waals surface area contributed by atoms with Gasteiger partial charge in [-0.1, -0.05) is 26.7 Å². The summed E-state index contributed by atoms with van der Waals surface area (Å²) in [6.45, 7) is 4.54. The number of hydrogen-bond donors (Lipinski definition) is 3. The molecule has 0 heterocycles. The standard InChI is InChI=1S/C8H18O.C2H6O2/c1-3-8(4-2)6-5-7-9;3-1-2-4/h8-9H,3-7H2,1-2H3;3-4H,1-2H2. The molecule has 0 aromatic carbocycles. The molecule has 3 heteroatoms. The normalized spacial score (nSPS) is 9.69. The lowest BCUT2D eigenvalue weighted by atomic mass is 9.98. The largest absolute Gasteiger partial charge is 0.396 e. The van der Waals surface area contributed by atoms with Crippen molar-refractivity contribution in [1.29, 1.82) is 0 Å². The van der Waals surface area contributed by atoms with Crippen molar-refractivity contribution in [1.82, 2.24) is 0 Å². The number of hydrogen-bond acceptors (Lipinski definition) is 3. The SMILES string of the molecule is CCC(CC)CCCO.OCCO. The molecule has 0 unspecified atom stereocenters. The van der Waals surface area contributed by atoms with Gasteiger partial charge in [0.1, 0.15) is 0 Å². The van der Waals surface area contributed by atoms with Crippen molar-refractivity contribution >= 4 is 0 Å². The lowest BCUT2D eigenvalue weighted by Crippen LogP contribution is -1.97. The molecule has 0 radical (unpaired) electrons. The molecular weight excluding hydrogens is 168 g/mol. The molecule has 0 aromatic rings. The monoisotopic (exact) mass is 192 g/mol. The molecule has 0 aromatic heterocycles. The predicted octanol–water partition coefficient (Wildman–Crippen LogP) is 1.17. The first kappa shape index (κ1) is 15.4. The zero-order valence-corrected chi connectivity index (χ0v) is 8.87. The highest BCUT2D eigenvalue weighted by Gasteiger charge is 2.00. The lowest BCUT2D eigenvalue weighted by Gasteiger charge is -2.09. The summed E-state index contributed by atoms with van der Waals surface area (Å²) in [4.78, 5) is 0. The van der Waals surface area contributed by atoms with E-state index >= 15 is 0 Å². The molecule has 0 saturated heterocycles. The molecule has 0 bridgehead atoms. The molecular formula is C10H24O3. The highest BCUT2D eigenvalue weighted by molar-refractivity contribution is 4.53. The summed E-state index contributed by atoms with van der Waals surface area (Å²) >= 11 is 0. The Bertz CT molecular complexity index is 70.6. The number of aliphatic hydroxyl groups is 3. The Balaban J connectivity index is 0. The van der Waals surface area contributed by atoms with Gasteiger partial charge >= 0.3 is 0 Å². The van der Waals surface area contributed by atoms with E-state index in [1.807, 2.05) is 0 Å². The van der Waals surface area contributed by atoms with E-state index in [0.717, 1.165) is 12.3 Å². The highest BCUT2D eigenvalue weighted by Crippen LogP contribution is 2.13. The topological polar surface area (TPSA) is 60.7 Å². The van der Waals surface area contributed by atoms with Crippen LogP contribution >= 0.6 is 0 Å². The van der Waals surface area contributed by atoms with Crippen LogP contribution in [0.5, 0.6) is 0 Å². The van der Waals surface area contributed by atoms with Crippen molar-refractivity contribution in [2.75, 3.05) is 19.8 Å². The van der Waals surface area contributed by atoms with Crippen LogP contribution in [-0.2, 0) is 0 Å². The summed E-state index contributed by atoms with van der Waals surface area (Å²) in [7, 11) is 0. The van der Waals surface area contributed by atoms with Gasteiger partial charge in [0.05, 0.1) is 13.2 Å². The third-order valence-corrected chi connectivity index (χ3v) is 2.03. The Morgan fingerprint density at radius 3 is 1.54 bits per heavy atom. The second-order valence-corrected chi connectivity index (χ2v) is 3.00. The minimum Gasteiger partial charge on any atom is -0.396 e. The third-order valence-electron chi connectivity index (χ3n) is 2.03. The van der Waals surface area contributed by atoms with Crippen molar-refractivity contribution in [3.05, 3.63) is 0 Å². The zero-order valence-electron chi connectivity index (χ0n) is 8.87. The molecule has 0 aliphatic carbocycles. The summed E-state index contributed by atoms with van der Waals surface area (Å²) < 4.78 is 0. The minimum atomic E-state index is -0.125. The molecule has 3 nitrogen and oxygen atoms in total. The smallest absolute Gasteiger partial charge is 0.0662 e. The van der Waals surface area contributed by atoms with Gasteiger partial charge in [0.15, 0.2) is 0 Å². The van der Waals surface area contributed by atoms with Gasteiger partial charge in [-0.25, -0.2) is 0 Å². The molecule has 0 fully saturated rings. The molecule has 0 aliphatic heterocycles. The fourth-order valence-electron chi connectivity index (χ4n) is 1.08. The van der Waals surface area contributed by atoms with Gasteiger partial charge in [0.25, 0.3) is 0 Å². The van der Waals surface area contributed by atoms with Crippen molar-refractivity contribution in [2.45, 2.75) is 39.5 Å². The molecule has 0 rings (SSSR count). The van der Waals surface area contributed by atoms with Gasteiger partial charge in [-0.05, 0) is 18.8 Å². The van der Waals surface area contributed by atoms with Gasteiger partial charge in [-0.15, -0.1) is 0 Å². The Labute approximate surface area is 81.4 Å². The van der Waals surface area contributed by atoms with Crippen molar-refractivity contribution in [2.24, 2.45) is 5.92 Å². The predicted molar refractivity (Wildman–Crippen MR) is 54.6 cm³/mol. The van der Waals surface area contributed by atoms with Gasteiger partial charge in [0, 0.05) is 6.61 Å². The van der Waals surface area contributed by atoms with E-state index in [9.17, 15) is 0 Å². The van der Waals surface area contributed by atoms with Crippen LogP contribution in [0.1, 0.15) is 39.5 Å². The highest BCUT2D eigenvalue weighted by atomic mass is 16.3. The van der Waals surface area contributed by atoms with Gasteiger partial charge in [0.2, 0.25) is 0 Å². The van der Waals surface area contributed by atoms with E-state index < -0.39 is 0 Å². The van der Waals surface area contributed by atoms with Crippen LogP contribution in [0.2, 0.25) is 0 Å². The van der Waals surface area contributed by atoms with E-state index in [1.54, 1.807) is 0 Å². The van der Waals surface area contributed by atoms with Crippen LogP contribution in [0.15, 0.2) is 0 Å². The Morgan fingerprint density at radius 2 is 1.31 bits per heavy atom. The average Bonchev–Trinajstić information content (AvgIpc) is 2.20. The Hall–Kier alpha value is -0.120.